The zero-order valence-corrected chi connectivity index (χ0v) is 21.1. The Hall–Kier alpha value is -3.32. The summed E-state index contributed by atoms with van der Waals surface area (Å²) < 4.78 is 10.7. The molecule has 0 unspecified atom stereocenters. The van der Waals surface area contributed by atoms with Gasteiger partial charge in [-0.05, 0) is 66.5 Å². The van der Waals surface area contributed by atoms with Gasteiger partial charge in [-0.25, -0.2) is 0 Å². The molecule has 1 aromatic heterocycles. The molecule has 0 radical (unpaired) electrons. The van der Waals surface area contributed by atoms with Crippen molar-refractivity contribution in [3.05, 3.63) is 81.0 Å². The van der Waals surface area contributed by atoms with Gasteiger partial charge in [0.05, 0.1) is 20.3 Å². The standard InChI is InChI=1S/C28H30N2O4S/c1-18-6-4-5-7-23(18)27-24-11-13-35-25(24)10-12-29(27)26(31)17-30(20-8-9-20)28(32)19-14-21(33-2)16-22(15-19)34-3/h4-7,11,13-16,20,27H,8-10,12,17H2,1-3H3/t27-/m0/s1. The summed E-state index contributed by atoms with van der Waals surface area (Å²) in [6.45, 7) is 2.80. The van der Waals surface area contributed by atoms with Crippen molar-refractivity contribution < 1.29 is 19.1 Å². The van der Waals surface area contributed by atoms with E-state index in [2.05, 4.69) is 30.5 Å². The first-order valence-corrected chi connectivity index (χ1v) is 12.8. The number of nitrogens with zero attached hydrogens (tertiary/aromatic N) is 2. The summed E-state index contributed by atoms with van der Waals surface area (Å²) in [5, 5.41) is 2.11. The summed E-state index contributed by atoms with van der Waals surface area (Å²) in [6.07, 6.45) is 2.66. The molecule has 2 heterocycles. The molecule has 1 atom stereocenters. The molecule has 5 rings (SSSR count). The smallest absolute Gasteiger partial charge is 0.254 e. The monoisotopic (exact) mass is 490 g/mol. The van der Waals surface area contributed by atoms with Crippen molar-refractivity contribution in [2.24, 2.45) is 0 Å². The van der Waals surface area contributed by atoms with Gasteiger partial charge in [0.25, 0.3) is 5.91 Å². The largest absolute Gasteiger partial charge is 0.497 e. The highest BCUT2D eigenvalue weighted by molar-refractivity contribution is 7.10. The lowest BCUT2D eigenvalue weighted by Gasteiger charge is -2.38. The molecule has 1 aliphatic heterocycles. The zero-order valence-electron chi connectivity index (χ0n) is 20.3. The zero-order chi connectivity index (χ0) is 24.5. The maximum atomic E-state index is 13.8. The summed E-state index contributed by atoms with van der Waals surface area (Å²) in [5.74, 6) is 0.912. The minimum Gasteiger partial charge on any atom is -0.497 e. The summed E-state index contributed by atoms with van der Waals surface area (Å²) >= 11 is 1.76. The second kappa shape index (κ2) is 9.74. The Labute approximate surface area is 210 Å². The van der Waals surface area contributed by atoms with E-state index in [-0.39, 0.29) is 30.4 Å². The molecule has 0 saturated heterocycles. The van der Waals surface area contributed by atoms with Crippen LogP contribution in [0, 0.1) is 6.92 Å². The van der Waals surface area contributed by atoms with Crippen LogP contribution in [0.4, 0.5) is 0 Å². The van der Waals surface area contributed by atoms with Gasteiger partial charge in [-0.2, -0.15) is 0 Å². The van der Waals surface area contributed by atoms with Gasteiger partial charge >= 0.3 is 0 Å². The third-order valence-corrected chi connectivity index (χ3v) is 7.92. The van der Waals surface area contributed by atoms with E-state index in [1.165, 1.54) is 10.4 Å². The molecular weight excluding hydrogens is 460 g/mol. The second-order valence-electron chi connectivity index (χ2n) is 9.16. The van der Waals surface area contributed by atoms with Crippen LogP contribution in [0.1, 0.15) is 50.8 Å². The molecule has 0 N–H and O–H groups in total. The molecule has 0 spiro atoms. The Balaban J connectivity index is 1.44. The molecule has 1 aliphatic carbocycles. The normalized spacial score (nSPS) is 17.0. The van der Waals surface area contributed by atoms with Crippen LogP contribution in [0.15, 0.2) is 53.9 Å². The highest BCUT2D eigenvalue weighted by Crippen LogP contribution is 2.39. The predicted molar refractivity (Wildman–Crippen MR) is 136 cm³/mol. The summed E-state index contributed by atoms with van der Waals surface area (Å²) in [5.41, 5.74) is 3.97. The summed E-state index contributed by atoms with van der Waals surface area (Å²) in [7, 11) is 3.12. The fourth-order valence-electron chi connectivity index (χ4n) is 4.90. The molecule has 0 bridgehead atoms. The number of carbonyl (C=O) groups is 2. The second-order valence-corrected chi connectivity index (χ2v) is 10.2. The van der Waals surface area contributed by atoms with Gasteiger partial charge in [0, 0.05) is 29.1 Å². The van der Waals surface area contributed by atoms with Gasteiger partial charge in [-0.1, -0.05) is 24.3 Å². The Morgan fingerprint density at radius 3 is 2.40 bits per heavy atom. The first-order chi connectivity index (χ1) is 17.0. The van der Waals surface area contributed by atoms with Crippen LogP contribution in [0.3, 0.4) is 0 Å². The molecule has 182 valence electrons. The van der Waals surface area contributed by atoms with Crippen molar-refractivity contribution >= 4 is 23.2 Å². The molecule has 2 aliphatic rings. The van der Waals surface area contributed by atoms with Crippen LogP contribution in [-0.2, 0) is 11.2 Å². The molecule has 7 heteroatoms. The number of fused-ring (bicyclic) bond motifs is 1. The molecule has 6 nitrogen and oxygen atoms in total. The van der Waals surface area contributed by atoms with Crippen molar-refractivity contribution in [3.63, 3.8) is 0 Å². The highest BCUT2D eigenvalue weighted by atomic mass is 32.1. The van der Waals surface area contributed by atoms with Crippen molar-refractivity contribution in [3.8, 4) is 11.5 Å². The van der Waals surface area contributed by atoms with Crippen LogP contribution in [0.25, 0.3) is 0 Å². The topological polar surface area (TPSA) is 59.1 Å². The predicted octanol–water partition coefficient (Wildman–Crippen LogP) is 4.85. The minimum absolute atomic E-state index is 0.0229. The van der Waals surface area contributed by atoms with E-state index in [1.54, 1.807) is 48.7 Å². The Morgan fingerprint density at radius 2 is 1.74 bits per heavy atom. The molecule has 2 aromatic carbocycles. The third-order valence-electron chi connectivity index (χ3n) is 6.92. The maximum absolute atomic E-state index is 13.8. The number of amides is 2. The lowest BCUT2D eigenvalue weighted by Crippen LogP contribution is -2.47. The van der Waals surface area contributed by atoms with E-state index in [1.807, 2.05) is 17.0 Å². The van der Waals surface area contributed by atoms with Crippen LogP contribution >= 0.6 is 11.3 Å². The molecule has 2 amide bonds. The average Bonchev–Trinajstić information content (AvgIpc) is 3.61. The van der Waals surface area contributed by atoms with E-state index < -0.39 is 0 Å². The summed E-state index contributed by atoms with van der Waals surface area (Å²) in [6, 6.07) is 15.5. The number of carbonyl (C=O) groups excluding carboxylic acids is 2. The Kier molecular flexibility index (Phi) is 6.52. The first-order valence-electron chi connectivity index (χ1n) is 12.0. The van der Waals surface area contributed by atoms with Crippen molar-refractivity contribution in [1.82, 2.24) is 9.80 Å². The van der Waals surface area contributed by atoms with E-state index in [4.69, 9.17) is 9.47 Å². The quantitative estimate of drug-likeness (QED) is 0.475. The van der Waals surface area contributed by atoms with E-state index in [0.717, 1.165) is 30.4 Å². The minimum atomic E-state index is -0.168. The average molecular weight is 491 g/mol. The molecule has 1 saturated carbocycles. The van der Waals surface area contributed by atoms with Crippen LogP contribution in [0.2, 0.25) is 0 Å². The number of aryl methyl sites for hydroxylation is 1. The van der Waals surface area contributed by atoms with Crippen molar-refractivity contribution in [1.29, 1.82) is 0 Å². The highest BCUT2D eigenvalue weighted by Gasteiger charge is 2.39. The van der Waals surface area contributed by atoms with E-state index >= 15 is 0 Å². The maximum Gasteiger partial charge on any atom is 0.254 e. The number of ether oxygens (including phenoxy) is 2. The number of thiophene rings is 1. The Bertz CT molecular complexity index is 1230. The van der Waals surface area contributed by atoms with Gasteiger partial charge in [0.15, 0.2) is 0 Å². The van der Waals surface area contributed by atoms with Gasteiger partial charge in [-0.3, -0.25) is 9.59 Å². The van der Waals surface area contributed by atoms with E-state index in [9.17, 15) is 9.59 Å². The first kappa shape index (κ1) is 23.4. The molecule has 1 fully saturated rings. The third kappa shape index (κ3) is 4.65. The van der Waals surface area contributed by atoms with Crippen molar-refractivity contribution in [2.75, 3.05) is 27.3 Å². The van der Waals surface area contributed by atoms with Crippen LogP contribution in [-0.4, -0.2) is 55.0 Å². The number of benzene rings is 2. The van der Waals surface area contributed by atoms with E-state index in [0.29, 0.717) is 23.6 Å². The fraction of sp³-hybridized carbons (Fsp3) is 0.357. The number of rotatable bonds is 7. The molecule has 3 aromatic rings. The summed E-state index contributed by atoms with van der Waals surface area (Å²) in [4.78, 5) is 32.5. The van der Waals surface area contributed by atoms with Crippen molar-refractivity contribution in [2.45, 2.75) is 38.3 Å². The van der Waals surface area contributed by atoms with Gasteiger partial charge in [-0.15, -0.1) is 11.3 Å². The van der Waals surface area contributed by atoms with Gasteiger partial charge in [0.1, 0.15) is 18.0 Å². The Morgan fingerprint density at radius 1 is 1.03 bits per heavy atom. The molecule has 35 heavy (non-hydrogen) atoms. The van der Waals surface area contributed by atoms with Gasteiger partial charge in [0.2, 0.25) is 5.91 Å². The SMILES string of the molecule is COc1cc(OC)cc(C(=O)N(CC(=O)N2CCc3sccc3[C@@H]2c2ccccc2C)C2CC2)c1. The lowest BCUT2D eigenvalue weighted by molar-refractivity contribution is -0.134. The lowest BCUT2D eigenvalue weighted by atomic mass is 9.90. The van der Waals surface area contributed by atoms with Crippen LogP contribution < -0.4 is 9.47 Å². The molecular formula is C28H30N2O4S. The van der Waals surface area contributed by atoms with Gasteiger partial charge < -0.3 is 19.3 Å². The number of hydrogen-bond donors (Lipinski definition) is 0. The van der Waals surface area contributed by atoms with Crippen LogP contribution in [0.5, 0.6) is 11.5 Å². The number of hydrogen-bond acceptors (Lipinski definition) is 5. The fourth-order valence-corrected chi connectivity index (χ4v) is 5.80. The number of methoxy groups -OCH3 is 2.